The molecular weight excluding hydrogens is 615 g/mol. The molecule has 8 nitrogen and oxygen atoms in total. The molecule has 0 bridgehead atoms. The van der Waals surface area contributed by atoms with Crippen molar-refractivity contribution in [2.75, 3.05) is 22.9 Å². The first-order valence-electron chi connectivity index (χ1n) is 15.1. The van der Waals surface area contributed by atoms with Crippen LogP contribution in [0.1, 0.15) is 106 Å². The molecule has 0 aliphatic heterocycles. The van der Waals surface area contributed by atoms with Gasteiger partial charge in [-0.2, -0.15) is 0 Å². The van der Waals surface area contributed by atoms with Crippen molar-refractivity contribution in [3.63, 3.8) is 0 Å². The van der Waals surface area contributed by atoms with Crippen molar-refractivity contribution in [1.29, 1.82) is 0 Å². The van der Waals surface area contributed by atoms with E-state index in [9.17, 15) is 0 Å². The lowest BCUT2D eigenvalue weighted by atomic mass is 9.88. The van der Waals surface area contributed by atoms with E-state index in [4.69, 9.17) is 46.1 Å². The molecular formula is C36H54Cl2N8. The van der Waals surface area contributed by atoms with Crippen LogP contribution in [0.15, 0.2) is 60.9 Å². The molecule has 8 N–H and O–H groups in total. The number of rotatable bonds is 0. The third kappa shape index (κ3) is 14.2. The lowest BCUT2D eigenvalue weighted by Crippen LogP contribution is -2.14. The second kappa shape index (κ2) is 16.3. The van der Waals surface area contributed by atoms with Gasteiger partial charge in [0.15, 0.2) is 0 Å². The van der Waals surface area contributed by atoms with E-state index >= 15 is 0 Å². The molecule has 0 spiro atoms. The highest BCUT2D eigenvalue weighted by Gasteiger charge is 2.17. The molecule has 0 saturated heterocycles. The minimum absolute atomic E-state index is 0.0265. The van der Waals surface area contributed by atoms with Crippen molar-refractivity contribution in [1.82, 2.24) is 19.9 Å². The lowest BCUT2D eigenvalue weighted by molar-refractivity contribution is 0.570. The molecule has 0 fully saturated rings. The van der Waals surface area contributed by atoms with Crippen LogP contribution in [0, 0.1) is 0 Å². The quantitative estimate of drug-likeness (QED) is 0.144. The number of pyridine rings is 4. The average molecular weight is 670 g/mol. The summed E-state index contributed by atoms with van der Waals surface area (Å²) in [5.41, 5.74) is 26.7. The Kier molecular flexibility index (Phi) is 14.3. The first-order valence-corrected chi connectivity index (χ1v) is 15.9. The molecule has 4 rings (SSSR count). The molecule has 4 heterocycles. The molecule has 0 atom stereocenters. The summed E-state index contributed by atoms with van der Waals surface area (Å²) in [6.45, 7) is 25.4. The third-order valence-corrected chi connectivity index (χ3v) is 7.19. The molecule has 0 aliphatic rings. The molecule has 4 aromatic rings. The molecule has 10 heteroatoms. The predicted octanol–water partition coefficient (Wildman–Crippen LogP) is 9.15. The van der Waals surface area contributed by atoms with Gasteiger partial charge >= 0.3 is 0 Å². The van der Waals surface area contributed by atoms with E-state index in [-0.39, 0.29) is 21.7 Å². The summed E-state index contributed by atoms with van der Waals surface area (Å²) in [4.78, 5) is 16.4. The summed E-state index contributed by atoms with van der Waals surface area (Å²) in [5.74, 6) is 1.98. The Labute approximate surface area is 286 Å². The highest BCUT2D eigenvalue weighted by molar-refractivity contribution is 6.33. The van der Waals surface area contributed by atoms with Crippen LogP contribution in [-0.4, -0.2) is 19.9 Å². The molecule has 0 aliphatic carbocycles. The van der Waals surface area contributed by atoms with E-state index in [1.54, 1.807) is 18.3 Å². The Bertz CT molecular complexity index is 1460. The Morgan fingerprint density at radius 3 is 1.39 bits per heavy atom. The maximum atomic E-state index is 5.83. The van der Waals surface area contributed by atoms with Gasteiger partial charge in [-0.05, 0) is 58.4 Å². The standard InChI is InChI=1S/2C9H13ClN2.2C9H14N2/c1-9(2,3)6-4-7(10)8(11)12-5-6;1-9(2,3)7-5-4-6(10)8(11)12-7;1-9(2,3)7-4-5-8(10)11-6-7;1-9(2,3)7-5-4-6-8(10)11-7/h2*4-5H,1-3H3,(H2,11,12);2*4-6H,1-3H3,(H2,10,11). The SMILES string of the molecule is CC(C)(C)c1ccc(Cl)c(N)n1.CC(C)(C)c1ccc(N)nc1.CC(C)(C)c1cccc(N)n1.CC(C)(C)c1cnc(N)c(Cl)c1. The van der Waals surface area contributed by atoms with Crippen molar-refractivity contribution in [2.45, 2.75) is 105 Å². The van der Waals surface area contributed by atoms with Gasteiger partial charge in [-0.15, -0.1) is 0 Å². The molecule has 46 heavy (non-hydrogen) atoms. The summed E-state index contributed by atoms with van der Waals surface area (Å²) in [6, 6.07) is 15.1. The first-order chi connectivity index (χ1) is 20.8. The minimum atomic E-state index is 0.0265. The van der Waals surface area contributed by atoms with E-state index in [1.807, 2.05) is 42.6 Å². The number of nitrogen functional groups attached to an aromatic ring is 4. The van der Waals surface area contributed by atoms with Gasteiger partial charge in [0.25, 0.3) is 0 Å². The maximum Gasteiger partial charge on any atom is 0.142 e. The predicted molar refractivity (Wildman–Crippen MR) is 199 cm³/mol. The highest BCUT2D eigenvalue weighted by Crippen LogP contribution is 2.27. The number of hydrogen-bond donors (Lipinski definition) is 4. The number of anilines is 4. The highest BCUT2D eigenvalue weighted by atomic mass is 35.5. The van der Waals surface area contributed by atoms with Crippen molar-refractivity contribution < 1.29 is 0 Å². The lowest BCUT2D eigenvalue weighted by Gasteiger charge is -2.18. The number of halogens is 2. The van der Waals surface area contributed by atoms with E-state index in [0.29, 0.717) is 33.3 Å². The van der Waals surface area contributed by atoms with Crippen LogP contribution < -0.4 is 22.9 Å². The second-order valence-electron chi connectivity index (χ2n) is 15.1. The number of nitrogens with two attached hydrogens (primary N) is 4. The van der Waals surface area contributed by atoms with Gasteiger partial charge in [-0.1, -0.05) is 118 Å². The smallest absolute Gasteiger partial charge is 0.142 e. The molecule has 0 unspecified atom stereocenters. The summed E-state index contributed by atoms with van der Waals surface area (Å²) in [7, 11) is 0. The molecule has 4 aromatic heterocycles. The molecule has 0 saturated carbocycles. The number of aromatic nitrogens is 4. The van der Waals surface area contributed by atoms with Crippen molar-refractivity contribution in [2.24, 2.45) is 0 Å². The fraction of sp³-hybridized carbons (Fsp3) is 0.444. The zero-order valence-electron chi connectivity index (χ0n) is 29.6. The van der Waals surface area contributed by atoms with E-state index in [2.05, 4.69) is 103 Å². The van der Waals surface area contributed by atoms with Gasteiger partial charge in [0.05, 0.1) is 10.0 Å². The average Bonchev–Trinajstić information content (AvgIpc) is 2.91. The molecule has 0 aromatic carbocycles. The second-order valence-corrected chi connectivity index (χ2v) is 15.9. The fourth-order valence-electron chi connectivity index (χ4n) is 3.45. The zero-order chi connectivity index (χ0) is 35.7. The van der Waals surface area contributed by atoms with Crippen molar-refractivity contribution >= 4 is 46.5 Å². The summed E-state index contributed by atoms with van der Waals surface area (Å²) < 4.78 is 0. The Morgan fingerprint density at radius 2 is 1.00 bits per heavy atom. The van der Waals surface area contributed by atoms with Gasteiger partial charge in [-0.25, -0.2) is 19.9 Å². The van der Waals surface area contributed by atoms with E-state index in [0.717, 1.165) is 17.0 Å². The summed E-state index contributed by atoms with van der Waals surface area (Å²) >= 11 is 11.6. The van der Waals surface area contributed by atoms with E-state index < -0.39 is 0 Å². The fourth-order valence-corrected chi connectivity index (χ4v) is 3.72. The van der Waals surface area contributed by atoms with Crippen LogP contribution in [-0.2, 0) is 21.7 Å². The van der Waals surface area contributed by atoms with Crippen LogP contribution in [0.4, 0.5) is 23.3 Å². The molecule has 252 valence electrons. The Balaban J connectivity index is 0.000000307. The summed E-state index contributed by atoms with van der Waals surface area (Å²) in [5, 5.41) is 1.05. The van der Waals surface area contributed by atoms with Crippen LogP contribution in [0.3, 0.4) is 0 Å². The van der Waals surface area contributed by atoms with Gasteiger partial charge in [0.1, 0.15) is 23.3 Å². The van der Waals surface area contributed by atoms with E-state index in [1.165, 1.54) is 5.56 Å². The van der Waals surface area contributed by atoms with Gasteiger partial charge in [-0.3, -0.25) is 0 Å². The van der Waals surface area contributed by atoms with Crippen LogP contribution in [0.25, 0.3) is 0 Å². The van der Waals surface area contributed by atoms with Gasteiger partial charge < -0.3 is 22.9 Å². The maximum absolute atomic E-state index is 5.83. The van der Waals surface area contributed by atoms with Crippen molar-refractivity contribution in [3.8, 4) is 0 Å². The Morgan fingerprint density at radius 1 is 0.478 bits per heavy atom. The zero-order valence-corrected chi connectivity index (χ0v) is 31.1. The minimum Gasteiger partial charge on any atom is -0.384 e. The largest absolute Gasteiger partial charge is 0.384 e. The summed E-state index contributed by atoms with van der Waals surface area (Å²) in [6.07, 6.45) is 3.59. The van der Waals surface area contributed by atoms with Gasteiger partial charge in [0, 0.05) is 34.6 Å². The first kappa shape index (κ1) is 40.4. The van der Waals surface area contributed by atoms with Crippen LogP contribution >= 0.6 is 23.2 Å². The third-order valence-electron chi connectivity index (χ3n) is 6.57. The van der Waals surface area contributed by atoms with Gasteiger partial charge in [0.2, 0.25) is 0 Å². The monoisotopic (exact) mass is 668 g/mol. The topological polar surface area (TPSA) is 156 Å². The number of nitrogens with zero attached hydrogens (tertiary/aromatic N) is 4. The van der Waals surface area contributed by atoms with Crippen LogP contribution in [0.2, 0.25) is 10.0 Å². The molecule has 0 radical (unpaired) electrons. The molecule has 0 amide bonds. The number of hydrogen-bond acceptors (Lipinski definition) is 8. The van der Waals surface area contributed by atoms with Crippen LogP contribution in [0.5, 0.6) is 0 Å². The van der Waals surface area contributed by atoms with Crippen molar-refractivity contribution in [3.05, 3.63) is 93.5 Å². The Hall–Kier alpha value is -3.62. The normalized spacial score (nSPS) is 11.6.